The van der Waals surface area contributed by atoms with Gasteiger partial charge in [0.05, 0.1) is 18.7 Å². The maximum atomic E-state index is 13.5. The fourth-order valence-corrected chi connectivity index (χ4v) is 1.24. The van der Waals surface area contributed by atoms with Gasteiger partial charge in [0.1, 0.15) is 0 Å². The zero-order chi connectivity index (χ0) is 10.6. The smallest absolute Gasteiger partial charge is 0.173 e. The minimum atomic E-state index is -0.523. The van der Waals surface area contributed by atoms with Crippen molar-refractivity contribution in [3.05, 3.63) is 34.6 Å². The lowest BCUT2D eigenvalue weighted by molar-refractivity contribution is 0.343. The van der Waals surface area contributed by atoms with E-state index in [1.54, 1.807) is 6.07 Å². The highest BCUT2D eigenvalue weighted by molar-refractivity contribution is 6.32. The predicted octanol–water partition coefficient (Wildman–Crippen LogP) is 2.49. The monoisotopic (exact) mass is 216 g/mol. The first kappa shape index (κ1) is 11.0. The molecule has 0 radical (unpaired) electrons. The molecule has 0 aromatic heterocycles. The summed E-state index contributed by atoms with van der Waals surface area (Å²) < 4.78 is 18.3. The summed E-state index contributed by atoms with van der Waals surface area (Å²) in [4.78, 5) is 0. The number of benzene rings is 1. The zero-order valence-corrected chi connectivity index (χ0v) is 8.38. The van der Waals surface area contributed by atoms with Gasteiger partial charge in [-0.05, 0) is 12.1 Å². The lowest BCUT2D eigenvalue weighted by Crippen LogP contribution is -1.91. The van der Waals surface area contributed by atoms with Crippen LogP contribution in [0.15, 0.2) is 18.2 Å². The number of hydrogen-bond donors (Lipinski definition) is 1. The number of halogens is 2. The summed E-state index contributed by atoms with van der Waals surface area (Å²) in [5, 5.41) is 8.84. The molecule has 1 aromatic rings. The Morgan fingerprint density at radius 3 is 2.86 bits per heavy atom. The predicted molar refractivity (Wildman–Crippen MR) is 54.1 cm³/mol. The van der Waals surface area contributed by atoms with E-state index in [2.05, 4.69) is 0 Å². The van der Waals surface area contributed by atoms with Gasteiger partial charge in [0.25, 0.3) is 0 Å². The SMILES string of the molecule is COc1ccc(Cl)c(C=CCO)c1F. The first-order chi connectivity index (χ1) is 6.70. The summed E-state index contributed by atoms with van der Waals surface area (Å²) in [5.41, 5.74) is 0.222. The van der Waals surface area contributed by atoms with Gasteiger partial charge in [-0.2, -0.15) is 0 Å². The molecule has 0 heterocycles. The van der Waals surface area contributed by atoms with Crippen LogP contribution in [-0.2, 0) is 0 Å². The van der Waals surface area contributed by atoms with Crippen molar-refractivity contribution in [3.63, 3.8) is 0 Å². The van der Waals surface area contributed by atoms with E-state index < -0.39 is 5.82 Å². The third-order valence-corrected chi connectivity index (χ3v) is 2.03. The first-order valence-corrected chi connectivity index (χ1v) is 4.38. The van der Waals surface area contributed by atoms with Crippen molar-refractivity contribution in [2.24, 2.45) is 0 Å². The normalized spacial score (nSPS) is 10.9. The molecule has 0 aliphatic heterocycles. The molecule has 0 amide bonds. The van der Waals surface area contributed by atoms with Gasteiger partial charge >= 0.3 is 0 Å². The van der Waals surface area contributed by atoms with Gasteiger partial charge in [-0.25, -0.2) is 4.39 Å². The Bertz CT molecular complexity index is 350. The van der Waals surface area contributed by atoms with E-state index in [1.165, 1.54) is 25.3 Å². The van der Waals surface area contributed by atoms with Gasteiger partial charge in [-0.15, -0.1) is 0 Å². The minimum Gasteiger partial charge on any atom is -0.494 e. The van der Waals surface area contributed by atoms with Crippen LogP contribution in [-0.4, -0.2) is 18.8 Å². The molecule has 0 saturated carbocycles. The van der Waals surface area contributed by atoms with Crippen molar-refractivity contribution in [2.75, 3.05) is 13.7 Å². The van der Waals surface area contributed by atoms with Crippen LogP contribution >= 0.6 is 11.6 Å². The molecule has 0 fully saturated rings. The second-order valence-electron chi connectivity index (χ2n) is 2.56. The number of methoxy groups -OCH3 is 1. The summed E-state index contributed by atoms with van der Waals surface area (Å²) >= 11 is 5.77. The number of aliphatic hydroxyl groups excluding tert-OH is 1. The summed E-state index contributed by atoms with van der Waals surface area (Å²) in [6.07, 6.45) is 2.82. The van der Waals surface area contributed by atoms with E-state index in [4.69, 9.17) is 21.4 Å². The third-order valence-electron chi connectivity index (χ3n) is 1.70. The lowest BCUT2D eigenvalue weighted by atomic mass is 10.2. The molecule has 2 nitrogen and oxygen atoms in total. The minimum absolute atomic E-state index is 0.131. The van der Waals surface area contributed by atoms with Crippen molar-refractivity contribution in [1.29, 1.82) is 0 Å². The van der Waals surface area contributed by atoms with Crippen LogP contribution in [0, 0.1) is 5.82 Å². The van der Waals surface area contributed by atoms with Crippen LogP contribution in [0.3, 0.4) is 0 Å². The van der Waals surface area contributed by atoms with E-state index in [1.807, 2.05) is 0 Å². The maximum absolute atomic E-state index is 13.5. The molecule has 0 bridgehead atoms. The highest BCUT2D eigenvalue weighted by atomic mass is 35.5. The van der Waals surface area contributed by atoms with E-state index in [0.29, 0.717) is 0 Å². The molecule has 4 heteroatoms. The van der Waals surface area contributed by atoms with Crippen molar-refractivity contribution in [3.8, 4) is 5.75 Å². The number of hydrogen-bond acceptors (Lipinski definition) is 2. The fourth-order valence-electron chi connectivity index (χ4n) is 1.03. The van der Waals surface area contributed by atoms with Gasteiger partial charge in [0.15, 0.2) is 11.6 Å². The highest BCUT2D eigenvalue weighted by Crippen LogP contribution is 2.27. The Labute approximate surface area is 86.6 Å². The molecule has 76 valence electrons. The van der Waals surface area contributed by atoms with E-state index >= 15 is 0 Å². The van der Waals surface area contributed by atoms with Gasteiger partial charge in [-0.3, -0.25) is 0 Å². The van der Waals surface area contributed by atoms with Crippen molar-refractivity contribution >= 4 is 17.7 Å². The van der Waals surface area contributed by atoms with Crippen molar-refractivity contribution in [2.45, 2.75) is 0 Å². The zero-order valence-electron chi connectivity index (χ0n) is 7.63. The number of ether oxygens (including phenoxy) is 1. The molecule has 0 atom stereocenters. The van der Waals surface area contributed by atoms with Gasteiger partial charge in [0.2, 0.25) is 0 Å². The largest absolute Gasteiger partial charge is 0.494 e. The van der Waals surface area contributed by atoms with Crippen LogP contribution in [0.2, 0.25) is 5.02 Å². The Balaban J connectivity index is 3.18. The second kappa shape index (κ2) is 4.98. The Morgan fingerprint density at radius 1 is 1.57 bits per heavy atom. The average Bonchev–Trinajstić information content (AvgIpc) is 2.18. The van der Waals surface area contributed by atoms with Crippen LogP contribution in [0.1, 0.15) is 5.56 Å². The Hall–Kier alpha value is -1.06. The molecule has 1 N–H and O–H groups in total. The van der Waals surface area contributed by atoms with Crippen molar-refractivity contribution < 1.29 is 14.2 Å². The molecular formula is C10H10ClFO2. The van der Waals surface area contributed by atoms with Crippen LogP contribution in [0.25, 0.3) is 6.08 Å². The third kappa shape index (κ3) is 2.25. The summed E-state index contributed by atoms with van der Waals surface area (Å²) in [6, 6.07) is 2.99. The summed E-state index contributed by atoms with van der Waals surface area (Å²) in [5.74, 6) is -0.392. The van der Waals surface area contributed by atoms with Gasteiger partial charge in [-0.1, -0.05) is 23.8 Å². The molecule has 0 aliphatic rings. The standard InChI is InChI=1S/C10H10ClFO2/c1-14-9-5-4-8(11)7(10(9)12)3-2-6-13/h2-5,13H,6H2,1H3. The van der Waals surface area contributed by atoms with Crippen LogP contribution in [0.5, 0.6) is 5.75 Å². The topological polar surface area (TPSA) is 29.5 Å². The Morgan fingerprint density at radius 2 is 2.29 bits per heavy atom. The Kier molecular flexibility index (Phi) is 3.92. The first-order valence-electron chi connectivity index (χ1n) is 4.00. The molecule has 1 aromatic carbocycles. The van der Waals surface area contributed by atoms with Crippen LogP contribution in [0.4, 0.5) is 4.39 Å². The van der Waals surface area contributed by atoms with Crippen molar-refractivity contribution in [1.82, 2.24) is 0 Å². The average molecular weight is 217 g/mol. The fraction of sp³-hybridized carbons (Fsp3) is 0.200. The van der Waals surface area contributed by atoms with Gasteiger partial charge < -0.3 is 9.84 Å². The molecule has 0 aliphatic carbocycles. The number of aliphatic hydroxyl groups is 1. The van der Waals surface area contributed by atoms with Gasteiger partial charge in [0, 0.05) is 5.56 Å². The number of rotatable bonds is 3. The van der Waals surface area contributed by atoms with E-state index in [0.717, 1.165) is 0 Å². The molecule has 14 heavy (non-hydrogen) atoms. The highest BCUT2D eigenvalue weighted by Gasteiger charge is 2.09. The summed E-state index contributed by atoms with van der Waals surface area (Å²) in [6.45, 7) is -0.160. The molecular weight excluding hydrogens is 207 g/mol. The quantitative estimate of drug-likeness (QED) is 0.841. The molecule has 1 rings (SSSR count). The second-order valence-corrected chi connectivity index (χ2v) is 2.97. The van der Waals surface area contributed by atoms with Crippen LogP contribution < -0.4 is 4.74 Å². The maximum Gasteiger partial charge on any atom is 0.173 e. The molecule has 0 unspecified atom stereocenters. The summed E-state index contributed by atoms with van der Waals surface area (Å²) in [7, 11) is 1.38. The van der Waals surface area contributed by atoms with E-state index in [9.17, 15) is 4.39 Å². The molecule has 0 saturated heterocycles. The van der Waals surface area contributed by atoms with E-state index in [-0.39, 0.29) is 22.9 Å². The molecule has 0 spiro atoms. The lowest BCUT2D eigenvalue weighted by Gasteiger charge is -2.05.